The molecule has 5 heteroatoms. The van der Waals surface area contributed by atoms with Gasteiger partial charge in [0, 0.05) is 17.4 Å². The van der Waals surface area contributed by atoms with E-state index < -0.39 is 0 Å². The molecule has 1 heterocycles. The third kappa shape index (κ3) is 4.56. The Kier molecular flexibility index (Phi) is 5.96. The Morgan fingerprint density at radius 1 is 1.07 bits per heavy atom. The second kappa shape index (κ2) is 8.78. The van der Waals surface area contributed by atoms with Crippen molar-refractivity contribution in [2.24, 2.45) is 5.16 Å². The van der Waals surface area contributed by atoms with Crippen LogP contribution in [0.25, 0.3) is 0 Å². The molecule has 2 aliphatic rings. The van der Waals surface area contributed by atoms with Gasteiger partial charge >= 0.3 is 5.97 Å². The Labute approximate surface area is 170 Å². The Morgan fingerprint density at radius 3 is 2.61 bits per heavy atom. The van der Waals surface area contributed by atoms with Gasteiger partial charge in [0.25, 0.3) is 0 Å². The molecular formula is C23H24ClNO3. The van der Waals surface area contributed by atoms with Crippen LogP contribution in [-0.4, -0.2) is 23.9 Å². The first kappa shape index (κ1) is 19.0. The summed E-state index contributed by atoms with van der Waals surface area (Å²) < 4.78 is 5.89. The van der Waals surface area contributed by atoms with Crippen molar-refractivity contribution in [2.45, 2.75) is 56.7 Å². The molecule has 2 aromatic carbocycles. The van der Waals surface area contributed by atoms with Crippen LogP contribution in [0, 0.1) is 0 Å². The Morgan fingerprint density at radius 2 is 1.82 bits per heavy atom. The van der Waals surface area contributed by atoms with E-state index in [0.717, 1.165) is 30.5 Å². The highest BCUT2D eigenvalue weighted by atomic mass is 35.5. The second-order valence-electron chi connectivity index (χ2n) is 7.51. The Hall–Kier alpha value is -2.33. The van der Waals surface area contributed by atoms with Gasteiger partial charge in [-0.3, -0.25) is 4.79 Å². The van der Waals surface area contributed by atoms with Crippen LogP contribution < -0.4 is 0 Å². The standard InChI is InChI=1S/C23H24ClNO3/c24-18-12-10-17(11-13-18)21-14-19(28-25-21)15-23(26)27-22-9-5-4-8-20(22)16-6-2-1-3-7-16/h1-3,6-7,10-13,19-20,22H,4-5,8-9,14-15H2/t19-,20+,22-/m1/s1. The van der Waals surface area contributed by atoms with Gasteiger partial charge in [-0.1, -0.05) is 65.6 Å². The van der Waals surface area contributed by atoms with Gasteiger partial charge in [0.1, 0.15) is 12.2 Å². The van der Waals surface area contributed by atoms with Crippen molar-refractivity contribution < 1.29 is 14.4 Å². The molecule has 0 saturated heterocycles. The van der Waals surface area contributed by atoms with Gasteiger partial charge in [-0.05, 0) is 42.5 Å². The normalized spacial score (nSPS) is 24.3. The minimum absolute atomic E-state index is 0.0540. The summed E-state index contributed by atoms with van der Waals surface area (Å²) >= 11 is 5.93. The first-order chi connectivity index (χ1) is 13.7. The number of hydrogen-bond acceptors (Lipinski definition) is 4. The molecule has 0 radical (unpaired) electrons. The minimum atomic E-state index is -0.267. The number of hydrogen-bond donors (Lipinski definition) is 0. The topological polar surface area (TPSA) is 47.9 Å². The highest BCUT2D eigenvalue weighted by Crippen LogP contribution is 2.35. The highest BCUT2D eigenvalue weighted by Gasteiger charge is 2.31. The fourth-order valence-electron chi connectivity index (χ4n) is 4.07. The molecule has 0 unspecified atom stereocenters. The fourth-order valence-corrected chi connectivity index (χ4v) is 4.20. The van der Waals surface area contributed by atoms with E-state index in [9.17, 15) is 4.79 Å². The minimum Gasteiger partial charge on any atom is -0.462 e. The van der Waals surface area contributed by atoms with Crippen LogP contribution in [0.5, 0.6) is 0 Å². The van der Waals surface area contributed by atoms with Gasteiger partial charge in [0.15, 0.2) is 0 Å². The van der Waals surface area contributed by atoms with Gasteiger partial charge in [-0.15, -0.1) is 0 Å². The number of oxime groups is 1. The molecule has 146 valence electrons. The van der Waals surface area contributed by atoms with E-state index >= 15 is 0 Å². The molecule has 1 fully saturated rings. The monoisotopic (exact) mass is 397 g/mol. The van der Waals surface area contributed by atoms with Crippen molar-refractivity contribution in [1.82, 2.24) is 0 Å². The molecule has 1 aliphatic carbocycles. The Balaban J connectivity index is 1.32. The van der Waals surface area contributed by atoms with Gasteiger partial charge < -0.3 is 9.57 Å². The SMILES string of the molecule is O=C(C[C@H]1CC(c2ccc(Cl)cc2)=NO1)O[C@@H]1CCCC[C@H]1c1ccccc1. The third-order valence-corrected chi connectivity index (χ3v) is 5.77. The lowest BCUT2D eigenvalue weighted by atomic mass is 9.81. The van der Waals surface area contributed by atoms with E-state index in [4.69, 9.17) is 21.2 Å². The van der Waals surface area contributed by atoms with Crippen molar-refractivity contribution in [2.75, 3.05) is 0 Å². The van der Waals surface area contributed by atoms with E-state index in [2.05, 4.69) is 17.3 Å². The maximum absolute atomic E-state index is 12.6. The highest BCUT2D eigenvalue weighted by molar-refractivity contribution is 6.30. The molecule has 0 amide bonds. The molecule has 0 N–H and O–H groups in total. The van der Waals surface area contributed by atoms with E-state index in [1.54, 1.807) is 0 Å². The van der Waals surface area contributed by atoms with Crippen molar-refractivity contribution in [3.05, 3.63) is 70.7 Å². The summed E-state index contributed by atoms with van der Waals surface area (Å²) in [7, 11) is 0. The maximum Gasteiger partial charge on any atom is 0.309 e. The first-order valence-electron chi connectivity index (χ1n) is 9.92. The van der Waals surface area contributed by atoms with Crippen molar-refractivity contribution in [3.63, 3.8) is 0 Å². The number of nitrogens with zero attached hydrogens (tertiary/aromatic N) is 1. The number of carbonyl (C=O) groups is 1. The van der Waals surface area contributed by atoms with Crippen molar-refractivity contribution in [1.29, 1.82) is 0 Å². The van der Waals surface area contributed by atoms with Crippen LogP contribution in [0.1, 0.15) is 55.6 Å². The quantitative estimate of drug-likeness (QED) is 0.626. The summed E-state index contributed by atoms with van der Waals surface area (Å²) in [4.78, 5) is 18.0. The molecule has 0 aromatic heterocycles. The van der Waals surface area contributed by atoms with Crippen LogP contribution in [0.2, 0.25) is 5.02 Å². The second-order valence-corrected chi connectivity index (χ2v) is 7.95. The number of ether oxygens (including phenoxy) is 1. The van der Waals surface area contributed by atoms with Crippen molar-refractivity contribution in [3.8, 4) is 0 Å². The number of benzene rings is 2. The van der Waals surface area contributed by atoms with Crippen LogP contribution in [0.15, 0.2) is 59.8 Å². The van der Waals surface area contributed by atoms with Crippen LogP contribution in [0.4, 0.5) is 0 Å². The molecular weight excluding hydrogens is 374 g/mol. The molecule has 2 aromatic rings. The van der Waals surface area contributed by atoms with Gasteiger partial charge in [-0.2, -0.15) is 0 Å². The van der Waals surface area contributed by atoms with E-state index in [0.29, 0.717) is 11.4 Å². The number of carbonyl (C=O) groups excluding carboxylic acids is 1. The third-order valence-electron chi connectivity index (χ3n) is 5.52. The smallest absolute Gasteiger partial charge is 0.309 e. The summed E-state index contributed by atoms with van der Waals surface area (Å²) in [6.07, 6.45) is 4.76. The van der Waals surface area contributed by atoms with E-state index in [1.165, 1.54) is 12.0 Å². The summed E-state index contributed by atoms with van der Waals surface area (Å²) in [5.74, 6) is 0.0784. The molecule has 28 heavy (non-hydrogen) atoms. The molecule has 0 bridgehead atoms. The molecule has 4 nitrogen and oxygen atoms in total. The van der Waals surface area contributed by atoms with Gasteiger partial charge in [0.2, 0.25) is 0 Å². The lowest BCUT2D eigenvalue weighted by Gasteiger charge is -2.31. The van der Waals surface area contributed by atoms with Gasteiger partial charge in [0.05, 0.1) is 12.1 Å². The summed E-state index contributed by atoms with van der Waals surface area (Å²) in [6, 6.07) is 17.8. The molecule has 1 aliphatic heterocycles. The van der Waals surface area contributed by atoms with Gasteiger partial charge in [-0.25, -0.2) is 0 Å². The zero-order chi connectivity index (χ0) is 19.3. The lowest BCUT2D eigenvalue weighted by Crippen LogP contribution is -2.30. The zero-order valence-corrected chi connectivity index (χ0v) is 16.5. The predicted molar refractivity (Wildman–Crippen MR) is 110 cm³/mol. The van der Waals surface area contributed by atoms with Crippen molar-refractivity contribution >= 4 is 23.3 Å². The van der Waals surface area contributed by atoms with E-state index in [-0.39, 0.29) is 30.5 Å². The largest absolute Gasteiger partial charge is 0.462 e. The van der Waals surface area contributed by atoms with Crippen LogP contribution in [0.3, 0.4) is 0 Å². The summed E-state index contributed by atoms with van der Waals surface area (Å²) in [5, 5.41) is 4.83. The van der Waals surface area contributed by atoms with Crippen LogP contribution in [-0.2, 0) is 14.4 Å². The molecule has 4 rings (SSSR count). The Bertz CT molecular complexity index is 835. The number of esters is 1. The number of halogens is 1. The number of rotatable bonds is 5. The first-order valence-corrected chi connectivity index (χ1v) is 10.3. The summed E-state index contributed by atoms with van der Waals surface area (Å²) in [6.45, 7) is 0. The molecule has 3 atom stereocenters. The lowest BCUT2D eigenvalue weighted by molar-refractivity contribution is -0.154. The zero-order valence-electron chi connectivity index (χ0n) is 15.7. The maximum atomic E-state index is 12.6. The predicted octanol–water partition coefficient (Wildman–Crippen LogP) is 5.49. The van der Waals surface area contributed by atoms with Crippen LogP contribution >= 0.6 is 11.6 Å². The average molecular weight is 398 g/mol. The fraction of sp³-hybridized carbons (Fsp3) is 0.391. The molecule has 0 spiro atoms. The summed E-state index contributed by atoms with van der Waals surface area (Å²) in [5.41, 5.74) is 3.07. The molecule has 1 saturated carbocycles. The van der Waals surface area contributed by atoms with E-state index in [1.807, 2.05) is 42.5 Å². The average Bonchev–Trinajstić information content (AvgIpc) is 3.18.